The molecule has 3 fully saturated rings. The molecule has 1 heterocycles. The lowest BCUT2D eigenvalue weighted by Crippen LogP contribution is -2.70. The van der Waals surface area contributed by atoms with Gasteiger partial charge in [-0.15, -0.1) is 0 Å². The van der Waals surface area contributed by atoms with Crippen LogP contribution in [0, 0.1) is 11.8 Å². The van der Waals surface area contributed by atoms with Gasteiger partial charge in [-0.3, -0.25) is 14.5 Å². The highest BCUT2D eigenvalue weighted by molar-refractivity contribution is 5.78. The van der Waals surface area contributed by atoms with Crippen LogP contribution in [0.4, 0.5) is 0 Å². The predicted molar refractivity (Wildman–Crippen MR) is 107 cm³/mol. The molecule has 0 radical (unpaired) electrons. The van der Waals surface area contributed by atoms with E-state index in [1.165, 1.54) is 30.9 Å². The van der Waals surface area contributed by atoms with E-state index in [0.29, 0.717) is 12.8 Å². The summed E-state index contributed by atoms with van der Waals surface area (Å²) in [6.45, 7) is 3.50. The van der Waals surface area contributed by atoms with E-state index < -0.39 is 5.60 Å². The summed E-state index contributed by atoms with van der Waals surface area (Å²) in [6, 6.07) is 6.35. The Kier molecular flexibility index (Phi) is 4.21. The van der Waals surface area contributed by atoms with E-state index >= 15 is 0 Å². The van der Waals surface area contributed by atoms with Gasteiger partial charge in [0.1, 0.15) is 11.4 Å². The van der Waals surface area contributed by atoms with Crippen molar-refractivity contribution < 1.29 is 19.1 Å². The molecule has 0 unspecified atom stereocenters. The molecule has 6 heteroatoms. The first-order valence-corrected chi connectivity index (χ1v) is 10.8. The number of carbonyl (C=O) groups is 2. The van der Waals surface area contributed by atoms with Crippen molar-refractivity contribution in [3.8, 4) is 5.75 Å². The summed E-state index contributed by atoms with van der Waals surface area (Å²) in [4.78, 5) is 27.2. The molecule has 4 atom stereocenters. The average molecular weight is 399 g/mol. The third kappa shape index (κ3) is 2.71. The van der Waals surface area contributed by atoms with Crippen LogP contribution in [0.2, 0.25) is 0 Å². The fraction of sp³-hybridized carbons (Fsp3) is 0.652. The summed E-state index contributed by atoms with van der Waals surface area (Å²) in [7, 11) is 1.67. The van der Waals surface area contributed by atoms with Crippen molar-refractivity contribution in [1.82, 2.24) is 4.90 Å². The Morgan fingerprint density at radius 1 is 1.28 bits per heavy atom. The molecule has 29 heavy (non-hydrogen) atoms. The van der Waals surface area contributed by atoms with Gasteiger partial charge in [-0.2, -0.15) is 0 Å². The van der Waals surface area contributed by atoms with Crippen LogP contribution >= 0.6 is 0 Å². The van der Waals surface area contributed by atoms with Crippen molar-refractivity contribution in [2.75, 3.05) is 20.2 Å². The van der Waals surface area contributed by atoms with Gasteiger partial charge in [0.15, 0.2) is 0 Å². The van der Waals surface area contributed by atoms with E-state index in [0.717, 1.165) is 37.6 Å². The Bertz CT molecular complexity index is 866. The second-order valence-corrected chi connectivity index (χ2v) is 9.50. The van der Waals surface area contributed by atoms with Gasteiger partial charge in [0.25, 0.3) is 0 Å². The van der Waals surface area contributed by atoms with Gasteiger partial charge in [-0.1, -0.05) is 6.07 Å². The second kappa shape index (κ2) is 6.46. The third-order valence-corrected chi connectivity index (χ3v) is 7.92. The van der Waals surface area contributed by atoms with Gasteiger partial charge in [0, 0.05) is 31.2 Å². The van der Waals surface area contributed by atoms with Crippen molar-refractivity contribution in [2.45, 2.75) is 62.5 Å². The molecule has 2 N–H and O–H groups in total. The highest BCUT2D eigenvalue weighted by Gasteiger charge is 2.70. The molecule has 0 spiro atoms. The largest absolute Gasteiger partial charge is 0.497 e. The predicted octanol–water partition coefficient (Wildman–Crippen LogP) is 2.17. The molecule has 1 aromatic rings. The Hall–Kier alpha value is -2.08. The number of hydrogen-bond donors (Lipinski definition) is 1. The summed E-state index contributed by atoms with van der Waals surface area (Å²) in [5.41, 5.74) is 7.18. The number of fused-ring (bicyclic) bond motifs is 1. The smallest absolute Gasteiger partial charge is 0.303 e. The van der Waals surface area contributed by atoms with E-state index in [-0.39, 0.29) is 29.3 Å². The molecule has 4 aliphatic rings. The minimum atomic E-state index is -0.703. The van der Waals surface area contributed by atoms with Crippen LogP contribution in [-0.4, -0.2) is 48.6 Å². The van der Waals surface area contributed by atoms with Crippen LogP contribution in [0.25, 0.3) is 0 Å². The van der Waals surface area contributed by atoms with Crippen LogP contribution in [0.3, 0.4) is 0 Å². The van der Waals surface area contributed by atoms with E-state index in [1.807, 2.05) is 6.07 Å². The number of hydrogen-bond acceptors (Lipinski definition) is 5. The number of nitrogens with zero attached hydrogens (tertiary/aromatic N) is 1. The number of esters is 1. The third-order valence-electron chi connectivity index (χ3n) is 7.92. The van der Waals surface area contributed by atoms with Gasteiger partial charge < -0.3 is 15.2 Å². The molecule has 0 aromatic heterocycles. The zero-order chi connectivity index (χ0) is 20.4. The van der Waals surface area contributed by atoms with Gasteiger partial charge in [0.05, 0.1) is 13.2 Å². The number of likely N-dealkylation sites (tertiary alicyclic amines) is 1. The summed E-state index contributed by atoms with van der Waals surface area (Å²) in [5.74, 6) is 0.710. The number of methoxy groups -OCH3 is 1. The molecule has 156 valence electrons. The van der Waals surface area contributed by atoms with Gasteiger partial charge in [0.2, 0.25) is 5.91 Å². The van der Waals surface area contributed by atoms with E-state index in [1.54, 1.807) is 7.11 Å². The Balaban J connectivity index is 1.69. The molecular weight excluding hydrogens is 368 g/mol. The second-order valence-electron chi connectivity index (χ2n) is 9.50. The molecule has 2 bridgehead atoms. The topological polar surface area (TPSA) is 81.9 Å². The molecule has 1 aliphatic heterocycles. The zero-order valence-electron chi connectivity index (χ0n) is 17.3. The van der Waals surface area contributed by atoms with Gasteiger partial charge >= 0.3 is 5.97 Å². The van der Waals surface area contributed by atoms with Crippen LogP contribution in [-0.2, 0) is 26.2 Å². The maximum absolute atomic E-state index is 12.3. The van der Waals surface area contributed by atoms with Crippen LogP contribution < -0.4 is 10.5 Å². The van der Waals surface area contributed by atoms with E-state index in [2.05, 4.69) is 17.0 Å². The van der Waals surface area contributed by atoms with Gasteiger partial charge in [-0.25, -0.2) is 0 Å². The lowest BCUT2D eigenvalue weighted by Gasteiger charge is -2.60. The molecule has 1 aromatic carbocycles. The Labute approximate surface area is 171 Å². The van der Waals surface area contributed by atoms with E-state index in [4.69, 9.17) is 15.2 Å². The van der Waals surface area contributed by atoms with Crippen LogP contribution in [0.15, 0.2) is 18.2 Å². The summed E-state index contributed by atoms with van der Waals surface area (Å²) in [6.07, 6.45) is 5.42. The lowest BCUT2D eigenvalue weighted by atomic mass is 9.56. The summed E-state index contributed by atoms with van der Waals surface area (Å²) in [5, 5.41) is 0. The van der Waals surface area contributed by atoms with Crippen molar-refractivity contribution >= 4 is 11.9 Å². The maximum atomic E-state index is 12.3. The fourth-order valence-corrected chi connectivity index (χ4v) is 6.58. The van der Waals surface area contributed by atoms with E-state index in [9.17, 15) is 9.59 Å². The normalized spacial score (nSPS) is 35.5. The minimum Gasteiger partial charge on any atom is -0.497 e. The minimum absolute atomic E-state index is 0.0889. The molecule has 1 amide bonds. The number of piperidine rings is 1. The highest BCUT2D eigenvalue weighted by atomic mass is 16.6. The van der Waals surface area contributed by atoms with Crippen LogP contribution in [0.1, 0.15) is 50.2 Å². The maximum Gasteiger partial charge on any atom is 0.303 e. The van der Waals surface area contributed by atoms with Crippen molar-refractivity contribution in [2.24, 2.45) is 17.6 Å². The first kappa shape index (κ1) is 18.9. The van der Waals surface area contributed by atoms with Crippen molar-refractivity contribution in [3.05, 3.63) is 29.3 Å². The first-order valence-electron chi connectivity index (χ1n) is 10.8. The van der Waals surface area contributed by atoms with Crippen LogP contribution in [0.5, 0.6) is 5.75 Å². The zero-order valence-corrected chi connectivity index (χ0v) is 17.3. The van der Waals surface area contributed by atoms with Crippen molar-refractivity contribution in [1.29, 1.82) is 0 Å². The standard InChI is InChI=1S/C23H30N2O4/c1-14(26)29-23-12-17(21(24)27)11-22(23)7-8-25(13-15-3-4-15)20(23)9-16-5-6-18(28-2)10-19(16)22/h5-6,10,15,17,20H,3-4,7-9,11-13H2,1-2H3,(H2,24,27)/t17-,20+,22+,23+/m0/s1. The Morgan fingerprint density at radius 3 is 2.72 bits per heavy atom. The monoisotopic (exact) mass is 398 g/mol. The molecule has 6 nitrogen and oxygen atoms in total. The first-order chi connectivity index (χ1) is 13.9. The average Bonchev–Trinajstić information content (AvgIpc) is 3.41. The molecular formula is C23H30N2O4. The van der Waals surface area contributed by atoms with Gasteiger partial charge in [-0.05, 0) is 67.8 Å². The number of ether oxygens (including phenoxy) is 2. The van der Waals surface area contributed by atoms with Crippen molar-refractivity contribution in [3.63, 3.8) is 0 Å². The molecule has 5 rings (SSSR count). The lowest BCUT2D eigenvalue weighted by molar-refractivity contribution is -0.189. The number of nitrogens with two attached hydrogens (primary N) is 1. The summed E-state index contributed by atoms with van der Waals surface area (Å²) < 4.78 is 11.8. The summed E-state index contributed by atoms with van der Waals surface area (Å²) >= 11 is 0. The number of amides is 1. The quantitative estimate of drug-likeness (QED) is 0.769. The SMILES string of the molecule is COc1ccc2c(c1)[C@]13CCN(CC4CC4)[C@H](C2)[C@]1(OC(C)=O)C[C@@H](C(N)=O)C3. The number of rotatable bonds is 5. The number of benzene rings is 1. The number of primary amides is 1. The molecule has 1 saturated heterocycles. The molecule has 2 saturated carbocycles. The Morgan fingerprint density at radius 2 is 2.07 bits per heavy atom. The number of carbonyl (C=O) groups excluding carboxylic acids is 2. The molecule has 3 aliphatic carbocycles. The fourth-order valence-electron chi connectivity index (χ4n) is 6.58. The highest BCUT2D eigenvalue weighted by Crippen LogP contribution is 2.63.